The Morgan fingerprint density at radius 2 is 2.10 bits per heavy atom. The molecular weight excluding hydrogens is 248 g/mol. The second-order valence-corrected chi connectivity index (χ2v) is 7.18. The normalized spacial score (nSPS) is 35.5. The van der Waals surface area contributed by atoms with E-state index in [-0.39, 0.29) is 0 Å². The fourth-order valence-electron chi connectivity index (χ4n) is 4.69. The average molecular weight is 274 g/mol. The van der Waals surface area contributed by atoms with Gasteiger partial charge in [0.1, 0.15) is 0 Å². The quantitative estimate of drug-likeness (QED) is 0.892. The maximum atomic E-state index is 4.32. The van der Waals surface area contributed by atoms with Gasteiger partial charge in [0.2, 0.25) is 0 Å². The van der Waals surface area contributed by atoms with Crippen LogP contribution in [0.4, 0.5) is 0 Å². The molecule has 1 spiro atoms. The molecule has 0 aromatic carbocycles. The monoisotopic (exact) mass is 274 g/mol. The fraction of sp³-hybridized carbons (Fsp3) is 0.812. The molecule has 0 bridgehead atoms. The average Bonchev–Trinajstić information content (AvgIpc) is 3.06. The van der Waals surface area contributed by atoms with E-state index in [1.54, 1.807) is 0 Å². The maximum Gasteiger partial charge on any atom is 0.0492 e. The highest BCUT2D eigenvalue weighted by atomic mass is 15.3. The standard InChI is InChI=1S/C16H26N4/c1-19-15(2-6-18-19)13-3-8-20(9-4-13)14-10-16(11-14)5-7-17-12-16/h2,6,13-14,17H,3-5,7-12H2,1H3. The second-order valence-electron chi connectivity index (χ2n) is 7.18. The Labute approximate surface area is 121 Å². The smallest absolute Gasteiger partial charge is 0.0492 e. The minimum atomic E-state index is 0.684. The molecule has 110 valence electrons. The summed E-state index contributed by atoms with van der Waals surface area (Å²) < 4.78 is 2.06. The molecule has 1 aromatic heterocycles. The summed E-state index contributed by atoms with van der Waals surface area (Å²) in [5.41, 5.74) is 2.11. The van der Waals surface area contributed by atoms with E-state index in [4.69, 9.17) is 0 Å². The largest absolute Gasteiger partial charge is 0.316 e. The molecule has 1 N–H and O–H groups in total. The molecule has 0 amide bonds. The molecule has 3 heterocycles. The van der Waals surface area contributed by atoms with E-state index in [0.717, 1.165) is 12.0 Å². The van der Waals surface area contributed by atoms with Crippen molar-refractivity contribution in [3.63, 3.8) is 0 Å². The maximum absolute atomic E-state index is 4.32. The van der Waals surface area contributed by atoms with Crippen LogP contribution in [0, 0.1) is 5.41 Å². The number of aromatic nitrogens is 2. The zero-order valence-electron chi connectivity index (χ0n) is 12.5. The van der Waals surface area contributed by atoms with Gasteiger partial charge in [-0.1, -0.05) is 0 Å². The number of hydrogen-bond donors (Lipinski definition) is 1. The molecule has 4 nitrogen and oxygen atoms in total. The second kappa shape index (κ2) is 4.85. The summed E-state index contributed by atoms with van der Waals surface area (Å²) in [7, 11) is 2.07. The minimum Gasteiger partial charge on any atom is -0.316 e. The number of aryl methyl sites for hydroxylation is 1. The van der Waals surface area contributed by atoms with Gasteiger partial charge >= 0.3 is 0 Å². The van der Waals surface area contributed by atoms with Crippen molar-refractivity contribution >= 4 is 0 Å². The summed E-state index contributed by atoms with van der Waals surface area (Å²) in [5.74, 6) is 0.723. The Kier molecular flexibility index (Phi) is 3.11. The third-order valence-electron chi connectivity index (χ3n) is 5.99. The van der Waals surface area contributed by atoms with E-state index >= 15 is 0 Å². The van der Waals surface area contributed by atoms with Gasteiger partial charge in [-0.05, 0) is 63.2 Å². The predicted octanol–water partition coefficient (Wildman–Crippen LogP) is 1.74. The van der Waals surface area contributed by atoms with Gasteiger partial charge in [-0.2, -0.15) is 5.10 Å². The molecule has 2 aliphatic heterocycles. The van der Waals surface area contributed by atoms with Crippen molar-refractivity contribution < 1.29 is 0 Å². The summed E-state index contributed by atoms with van der Waals surface area (Å²) in [4.78, 5) is 2.76. The third kappa shape index (κ3) is 2.09. The van der Waals surface area contributed by atoms with Crippen molar-refractivity contribution in [2.75, 3.05) is 26.2 Å². The Balaban J connectivity index is 1.31. The molecule has 4 rings (SSSR count). The Hall–Kier alpha value is -0.870. The Morgan fingerprint density at radius 1 is 1.30 bits per heavy atom. The van der Waals surface area contributed by atoms with Crippen LogP contribution in [0.1, 0.15) is 43.7 Å². The van der Waals surface area contributed by atoms with Crippen LogP contribution in [0.15, 0.2) is 12.3 Å². The third-order valence-corrected chi connectivity index (χ3v) is 5.99. The molecule has 2 saturated heterocycles. The lowest BCUT2D eigenvalue weighted by atomic mass is 9.64. The van der Waals surface area contributed by atoms with Gasteiger partial charge in [-0.25, -0.2) is 0 Å². The van der Waals surface area contributed by atoms with Gasteiger partial charge in [-0.15, -0.1) is 0 Å². The van der Waals surface area contributed by atoms with Crippen molar-refractivity contribution in [2.45, 2.75) is 44.1 Å². The SMILES string of the molecule is Cn1nccc1C1CCN(C2CC3(CCNC3)C2)CC1. The van der Waals surface area contributed by atoms with Crippen LogP contribution in [0.2, 0.25) is 0 Å². The van der Waals surface area contributed by atoms with Crippen LogP contribution in [0.5, 0.6) is 0 Å². The lowest BCUT2D eigenvalue weighted by molar-refractivity contribution is 0.00132. The van der Waals surface area contributed by atoms with Gasteiger partial charge in [0.15, 0.2) is 0 Å². The molecule has 1 aliphatic carbocycles. The van der Waals surface area contributed by atoms with E-state index in [1.807, 2.05) is 6.20 Å². The van der Waals surface area contributed by atoms with Gasteiger partial charge in [0.05, 0.1) is 0 Å². The van der Waals surface area contributed by atoms with E-state index in [9.17, 15) is 0 Å². The molecule has 1 aromatic rings. The van der Waals surface area contributed by atoms with Gasteiger partial charge in [-0.3, -0.25) is 4.68 Å². The zero-order valence-corrected chi connectivity index (χ0v) is 12.5. The number of hydrogen-bond acceptors (Lipinski definition) is 3. The van der Waals surface area contributed by atoms with Crippen molar-refractivity contribution in [3.8, 4) is 0 Å². The number of rotatable bonds is 2. The van der Waals surface area contributed by atoms with Crippen LogP contribution in [0.3, 0.4) is 0 Å². The number of nitrogens with one attached hydrogen (secondary N) is 1. The molecule has 4 heteroatoms. The van der Waals surface area contributed by atoms with Crippen LogP contribution in [-0.2, 0) is 7.05 Å². The van der Waals surface area contributed by atoms with Crippen LogP contribution < -0.4 is 5.32 Å². The summed E-state index contributed by atoms with van der Waals surface area (Å²) in [6.45, 7) is 5.08. The van der Waals surface area contributed by atoms with Crippen LogP contribution in [0.25, 0.3) is 0 Å². The first-order valence-corrected chi connectivity index (χ1v) is 8.18. The highest BCUT2D eigenvalue weighted by molar-refractivity contribution is 5.10. The number of nitrogens with zero attached hydrogens (tertiary/aromatic N) is 3. The van der Waals surface area contributed by atoms with E-state index in [1.165, 1.54) is 64.0 Å². The zero-order chi connectivity index (χ0) is 13.6. The number of likely N-dealkylation sites (tertiary alicyclic amines) is 1. The summed E-state index contributed by atoms with van der Waals surface area (Å²) >= 11 is 0. The van der Waals surface area contributed by atoms with Gasteiger partial charge < -0.3 is 10.2 Å². The fourth-order valence-corrected chi connectivity index (χ4v) is 4.69. The molecule has 1 saturated carbocycles. The number of piperidine rings is 1. The molecular formula is C16H26N4. The van der Waals surface area contributed by atoms with E-state index in [2.05, 4.69) is 33.1 Å². The summed E-state index contributed by atoms with van der Waals surface area (Å²) in [6, 6.07) is 3.07. The predicted molar refractivity (Wildman–Crippen MR) is 79.7 cm³/mol. The van der Waals surface area contributed by atoms with Crippen LogP contribution in [-0.4, -0.2) is 46.9 Å². The van der Waals surface area contributed by atoms with Crippen molar-refractivity contribution in [2.24, 2.45) is 12.5 Å². The summed E-state index contributed by atoms with van der Waals surface area (Å²) in [6.07, 6.45) is 8.84. The first-order valence-electron chi connectivity index (χ1n) is 8.18. The molecule has 20 heavy (non-hydrogen) atoms. The molecule has 3 fully saturated rings. The van der Waals surface area contributed by atoms with Crippen molar-refractivity contribution in [1.82, 2.24) is 20.0 Å². The van der Waals surface area contributed by atoms with E-state index in [0.29, 0.717) is 5.41 Å². The highest BCUT2D eigenvalue weighted by Crippen LogP contribution is 2.48. The highest BCUT2D eigenvalue weighted by Gasteiger charge is 2.48. The van der Waals surface area contributed by atoms with Crippen molar-refractivity contribution in [3.05, 3.63) is 18.0 Å². The first kappa shape index (κ1) is 12.8. The first-order chi connectivity index (χ1) is 9.76. The molecule has 0 atom stereocenters. The van der Waals surface area contributed by atoms with E-state index < -0.39 is 0 Å². The lowest BCUT2D eigenvalue weighted by Crippen LogP contribution is -2.53. The minimum absolute atomic E-state index is 0.684. The topological polar surface area (TPSA) is 33.1 Å². The van der Waals surface area contributed by atoms with Crippen molar-refractivity contribution in [1.29, 1.82) is 0 Å². The van der Waals surface area contributed by atoms with Gasteiger partial charge in [0.25, 0.3) is 0 Å². The Morgan fingerprint density at radius 3 is 2.70 bits per heavy atom. The lowest BCUT2D eigenvalue weighted by Gasteiger charge is -2.51. The molecule has 0 radical (unpaired) electrons. The van der Waals surface area contributed by atoms with Crippen LogP contribution >= 0.6 is 0 Å². The molecule has 3 aliphatic rings. The summed E-state index contributed by atoms with van der Waals surface area (Å²) in [5, 5.41) is 7.86. The van der Waals surface area contributed by atoms with Gasteiger partial charge in [0, 0.05) is 37.4 Å². The molecule has 0 unspecified atom stereocenters. The Bertz CT molecular complexity index is 459.